The second-order valence-corrected chi connectivity index (χ2v) is 4.59. The van der Waals surface area contributed by atoms with Gasteiger partial charge in [-0.2, -0.15) is 0 Å². The minimum Gasteiger partial charge on any atom is -0.507 e. The highest BCUT2D eigenvalue weighted by Crippen LogP contribution is 2.31. The molecule has 1 aromatic carbocycles. The summed E-state index contributed by atoms with van der Waals surface area (Å²) in [7, 11) is 1.25. The van der Waals surface area contributed by atoms with E-state index < -0.39 is 11.6 Å². The Bertz CT molecular complexity index is 547. The van der Waals surface area contributed by atoms with Gasteiger partial charge in [-0.3, -0.25) is 0 Å². The Balaban J connectivity index is 2.30. The number of halogens is 1. The molecule has 7 heteroatoms. The Morgan fingerprint density at radius 3 is 3.05 bits per heavy atom. The van der Waals surface area contributed by atoms with E-state index in [0.717, 1.165) is 0 Å². The number of methoxy groups -OCH3 is 1. The Labute approximate surface area is 114 Å². The summed E-state index contributed by atoms with van der Waals surface area (Å²) in [6, 6.07) is 4.54. The van der Waals surface area contributed by atoms with Crippen molar-refractivity contribution in [3.8, 4) is 5.75 Å². The van der Waals surface area contributed by atoms with Crippen molar-refractivity contribution in [3.05, 3.63) is 28.8 Å². The van der Waals surface area contributed by atoms with E-state index in [4.69, 9.17) is 22.2 Å². The molecule has 3 N–H and O–H groups in total. The summed E-state index contributed by atoms with van der Waals surface area (Å²) in [6.07, 6.45) is 0.115. The molecule has 1 aliphatic heterocycles. The predicted molar refractivity (Wildman–Crippen MR) is 69.2 cm³/mol. The van der Waals surface area contributed by atoms with Gasteiger partial charge in [0.2, 0.25) is 0 Å². The van der Waals surface area contributed by atoms with Crippen molar-refractivity contribution in [1.82, 2.24) is 0 Å². The standard InChI is InChI=1S/C12H13ClN2O4/c1-18-11(17)12(6-14)5-9(15-19-12)8-4-7(13)2-3-10(8)16/h2-4,16H,5-6,14H2,1H3. The van der Waals surface area contributed by atoms with E-state index in [1.54, 1.807) is 12.1 Å². The lowest BCUT2D eigenvalue weighted by atomic mass is 9.94. The number of hydrogen-bond acceptors (Lipinski definition) is 6. The third kappa shape index (κ3) is 2.36. The average molecular weight is 285 g/mol. The van der Waals surface area contributed by atoms with Crippen LogP contribution in [0.25, 0.3) is 0 Å². The zero-order valence-corrected chi connectivity index (χ0v) is 11.0. The quantitative estimate of drug-likeness (QED) is 0.809. The number of oxime groups is 1. The number of carbonyl (C=O) groups excluding carboxylic acids is 1. The molecule has 6 nitrogen and oxygen atoms in total. The lowest BCUT2D eigenvalue weighted by Crippen LogP contribution is -2.46. The zero-order valence-electron chi connectivity index (χ0n) is 10.2. The maximum Gasteiger partial charge on any atom is 0.354 e. The number of phenols is 1. The first-order chi connectivity index (χ1) is 9.02. The Morgan fingerprint density at radius 2 is 2.42 bits per heavy atom. The average Bonchev–Trinajstić information content (AvgIpc) is 2.86. The monoisotopic (exact) mass is 284 g/mol. The third-order valence-electron chi connectivity index (χ3n) is 2.94. The molecule has 1 heterocycles. The smallest absolute Gasteiger partial charge is 0.354 e. The lowest BCUT2D eigenvalue weighted by Gasteiger charge is -2.21. The number of hydrogen-bond donors (Lipinski definition) is 2. The molecule has 0 spiro atoms. The molecule has 102 valence electrons. The number of aromatic hydroxyl groups is 1. The van der Waals surface area contributed by atoms with Crippen molar-refractivity contribution in [2.75, 3.05) is 13.7 Å². The van der Waals surface area contributed by atoms with Gasteiger partial charge in [0.05, 0.1) is 12.8 Å². The van der Waals surface area contributed by atoms with Crippen molar-refractivity contribution >= 4 is 23.3 Å². The lowest BCUT2D eigenvalue weighted by molar-refractivity contribution is -0.165. The Kier molecular flexibility index (Phi) is 3.64. The van der Waals surface area contributed by atoms with Gasteiger partial charge in [0.1, 0.15) is 5.75 Å². The number of nitrogens with zero attached hydrogens (tertiary/aromatic N) is 1. The van der Waals surface area contributed by atoms with Crippen molar-refractivity contribution in [3.63, 3.8) is 0 Å². The Morgan fingerprint density at radius 1 is 1.68 bits per heavy atom. The molecule has 0 aliphatic carbocycles. The molecular formula is C12H13ClN2O4. The summed E-state index contributed by atoms with van der Waals surface area (Å²) >= 11 is 5.87. The number of carbonyl (C=O) groups is 1. The van der Waals surface area contributed by atoms with Crippen LogP contribution in [0.3, 0.4) is 0 Å². The fourth-order valence-corrected chi connectivity index (χ4v) is 2.02. The number of nitrogens with two attached hydrogens (primary N) is 1. The van der Waals surface area contributed by atoms with E-state index in [9.17, 15) is 9.90 Å². The van der Waals surface area contributed by atoms with Gasteiger partial charge < -0.3 is 20.4 Å². The van der Waals surface area contributed by atoms with Crippen LogP contribution >= 0.6 is 11.6 Å². The van der Waals surface area contributed by atoms with Crippen LogP contribution in [0.4, 0.5) is 0 Å². The molecular weight excluding hydrogens is 272 g/mol. The molecule has 0 saturated carbocycles. The van der Waals surface area contributed by atoms with Crippen LogP contribution in [0.2, 0.25) is 5.02 Å². The van der Waals surface area contributed by atoms with Crippen molar-refractivity contribution in [2.24, 2.45) is 10.9 Å². The van der Waals surface area contributed by atoms with Crippen LogP contribution in [0, 0.1) is 0 Å². The molecule has 0 aromatic heterocycles. The molecule has 1 aromatic rings. The van der Waals surface area contributed by atoms with Crippen LogP contribution in [-0.2, 0) is 14.4 Å². The SMILES string of the molecule is COC(=O)C1(CN)CC(c2cc(Cl)ccc2O)=NO1. The number of rotatable bonds is 3. The maximum absolute atomic E-state index is 11.7. The highest BCUT2D eigenvalue weighted by atomic mass is 35.5. The first-order valence-electron chi connectivity index (χ1n) is 5.55. The van der Waals surface area contributed by atoms with Crippen LogP contribution < -0.4 is 5.73 Å². The molecule has 1 aliphatic rings. The summed E-state index contributed by atoms with van der Waals surface area (Å²) in [5.41, 5.74) is 5.04. The number of benzene rings is 1. The molecule has 2 rings (SSSR count). The van der Waals surface area contributed by atoms with E-state index in [0.29, 0.717) is 16.3 Å². The maximum atomic E-state index is 11.7. The number of phenolic OH excluding ortho intramolecular Hbond substituents is 1. The Hall–Kier alpha value is -1.79. The number of esters is 1. The van der Waals surface area contributed by atoms with Gasteiger partial charge in [-0.25, -0.2) is 4.79 Å². The third-order valence-corrected chi connectivity index (χ3v) is 3.18. The van der Waals surface area contributed by atoms with Gasteiger partial charge in [0, 0.05) is 23.6 Å². The van der Waals surface area contributed by atoms with Gasteiger partial charge in [-0.1, -0.05) is 16.8 Å². The first-order valence-corrected chi connectivity index (χ1v) is 5.92. The van der Waals surface area contributed by atoms with Crippen molar-refractivity contribution < 1.29 is 19.5 Å². The summed E-state index contributed by atoms with van der Waals surface area (Å²) in [6.45, 7) is -0.0754. The molecule has 0 amide bonds. The van der Waals surface area contributed by atoms with E-state index in [2.05, 4.69) is 9.89 Å². The van der Waals surface area contributed by atoms with E-state index in [1.807, 2.05) is 0 Å². The van der Waals surface area contributed by atoms with Crippen LogP contribution in [0.5, 0.6) is 5.75 Å². The minimum absolute atomic E-state index is 0.00411. The van der Waals surface area contributed by atoms with E-state index >= 15 is 0 Å². The molecule has 1 atom stereocenters. The molecule has 19 heavy (non-hydrogen) atoms. The van der Waals surface area contributed by atoms with Crippen molar-refractivity contribution in [1.29, 1.82) is 0 Å². The highest BCUT2D eigenvalue weighted by Gasteiger charge is 2.47. The molecule has 0 fully saturated rings. The molecule has 1 unspecified atom stereocenters. The second-order valence-electron chi connectivity index (χ2n) is 4.16. The number of ether oxygens (including phenoxy) is 1. The van der Waals surface area contributed by atoms with Gasteiger partial charge in [-0.15, -0.1) is 0 Å². The van der Waals surface area contributed by atoms with E-state index in [-0.39, 0.29) is 18.7 Å². The van der Waals surface area contributed by atoms with Gasteiger partial charge in [0.25, 0.3) is 5.60 Å². The van der Waals surface area contributed by atoms with Crippen LogP contribution in [-0.4, -0.2) is 36.0 Å². The largest absolute Gasteiger partial charge is 0.507 e. The molecule has 0 saturated heterocycles. The first kappa shape index (κ1) is 13.6. The van der Waals surface area contributed by atoms with Crippen molar-refractivity contribution in [2.45, 2.75) is 12.0 Å². The van der Waals surface area contributed by atoms with Crippen LogP contribution in [0.1, 0.15) is 12.0 Å². The van der Waals surface area contributed by atoms with Crippen LogP contribution in [0.15, 0.2) is 23.4 Å². The van der Waals surface area contributed by atoms with E-state index in [1.165, 1.54) is 13.2 Å². The summed E-state index contributed by atoms with van der Waals surface area (Å²) in [4.78, 5) is 16.8. The summed E-state index contributed by atoms with van der Waals surface area (Å²) in [5.74, 6) is -0.597. The minimum atomic E-state index is -1.33. The fourth-order valence-electron chi connectivity index (χ4n) is 1.85. The summed E-state index contributed by atoms with van der Waals surface area (Å²) < 4.78 is 4.66. The van der Waals surface area contributed by atoms with Gasteiger partial charge in [-0.05, 0) is 18.2 Å². The summed E-state index contributed by atoms with van der Waals surface area (Å²) in [5, 5.41) is 14.1. The molecule has 0 bridgehead atoms. The predicted octanol–water partition coefficient (Wildman–Crippen LogP) is 1.04. The van der Waals surface area contributed by atoms with Gasteiger partial charge >= 0.3 is 5.97 Å². The fraction of sp³-hybridized carbons (Fsp3) is 0.333. The van der Waals surface area contributed by atoms with Gasteiger partial charge in [0.15, 0.2) is 0 Å². The zero-order chi connectivity index (χ0) is 14.0. The normalized spacial score (nSPS) is 21.7. The second kappa shape index (κ2) is 5.07. The molecule has 0 radical (unpaired) electrons. The highest BCUT2D eigenvalue weighted by molar-refractivity contribution is 6.31. The topological polar surface area (TPSA) is 94.1 Å².